The average molecular weight is 468 g/mol. The first kappa shape index (κ1) is 23.2. The van der Waals surface area contributed by atoms with E-state index in [1.54, 1.807) is 6.07 Å². The third kappa shape index (κ3) is 5.03. The summed E-state index contributed by atoms with van der Waals surface area (Å²) in [6.07, 6.45) is 0.201. The molecule has 9 nitrogen and oxygen atoms in total. The molecule has 12 heteroatoms. The largest absolute Gasteiger partial charge is 0.455 e. The van der Waals surface area contributed by atoms with Gasteiger partial charge >= 0.3 is 12.1 Å². The molecule has 0 spiro atoms. The molecule has 1 atom stereocenters. The number of anilines is 1. The maximum atomic E-state index is 13.1. The van der Waals surface area contributed by atoms with E-state index in [2.05, 4.69) is 22.2 Å². The molecule has 0 aliphatic carbocycles. The Hall–Kier alpha value is -2.92. The Morgan fingerprint density at radius 3 is 2.55 bits per heavy atom. The molecule has 0 aromatic carbocycles. The molecule has 0 N–H and O–H groups in total. The molecule has 0 radical (unpaired) electrons. The standard InChI is InChI=1S/C21H27F3N6O3/c1-2-15-5-3-4-10-29(15)18(31)13-33-19(32)14-8-11-28(12-9-14)17-7-6-16-25-26-20(21(22,23)24)30(16)27-17/h6-7,14-15H,2-5,8-13H2,1H3. The highest BCUT2D eigenvalue weighted by Gasteiger charge is 2.38. The average Bonchev–Trinajstić information content (AvgIpc) is 3.26. The van der Waals surface area contributed by atoms with Crippen LogP contribution in [0.3, 0.4) is 0 Å². The number of rotatable bonds is 5. The predicted octanol–water partition coefficient (Wildman–Crippen LogP) is 2.69. The second-order valence-corrected chi connectivity index (χ2v) is 8.50. The zero-order valence-corrected chi connectivity index (χ0v) is 18.4. The first-order chi connectivity index (χ1) is 15.8. The number of esters is 1. The van der Waals surface area contributed by atoms with Crippen molar-refractivity contribution in [3.05, 3.63) is 18.0 Å². The van der Waals surface area contributed by atoms with Gasteiger partial charge < -0.3 is 14.5 Å². The highest BCUT2D eigenvalue weighted by Crippen LogP contribution is 2.29. The quantitative estimate of drug-likeness (QED) is 0.623. The molecule has 2 fully saturated rings. The lowest BCUT2D eigenvalue weighted by atomic mass is 9.97. The molecule has 180 valence electrons. The fourth-order valence-electron chi connectivity index (χ4n) is 4.56. The molecular weight excluding hydrogens is 441 g/mol. The van der Waals surface area contributed by atoms with Gasteiger partial charge in [0.1, 0.15) is 5.82 Å². The van der Waals surface area contributed by atoms with Crippen molar-refractivity contribution >= 4 is 23.3 Å². The Labute approximate surface area is 188 Å². The van der Waals surface area contributed by atoms with E-state index in [-0.39, 0.29) is 30.1 Å². The summed E-state index contributed by atoms with van der Waals surface area (Å²) in [6.45, 7) is 3.37. The Morgan fingerprint density at radius 1 is 1.09 bits per heavy atom. The molecule has 4 rings (SSSR count). The van der Waals surface area contributed by atoms with Crippen molar-refractivity contribution in [1.29, 1.82) is 0 Å². The van der Waals surface area contributed by atoms with Crippen LogP contribution in [-0.2, 0) is 20.5 Å². The molecule has 0 saturated carbocycles. The Kier molecular flexibility index (Phi) is 6.71. The summed E-state index contributed by atoms with van der Waals surface area (Å²) in [5.41, 5.74) is 0.00761. The van der Waals surface area contributed by atoms with Gasteiger partial charge in [-0.3, -0.25) is 9.59 Å². The number of aromatic nitrogens is 4. The lowest BCUT2D eigenvalue weighted by Crippen LogP contribution is -2.45. The maximum absolute atomic E-state index is 13.1. The van der Waals surface area contributed by atoms with Crippen LogP contribution in [-0.4, -0.2) is 68.9 Å². The van der Waals surface area contributed by atoms with Crippen molar-refractivity contribution in [2.75, 3.05) is 31.1 Å². The summed E-state index contributed by atoms with van der Waals surface area (Å²) in [5, 5.41) is 10.7. The van der Waals surface area contributed by atoms with E-state index in [0.29, 0.717) is 42.8 Å². The van der Waals surface area contributed by atoms with E-state index < -0.39 is 18.0 Å². The van der Waals surface area contributed by atoms with Gasteiger partial charge in [0.2, 0.25) is 0 Å². The smallest absolute Gasteiger partial charge is 0.453 e. The van der Waals surface area contributed by atoms with Crippen LogP contribution in [0.2, 0.25) is 0 Å². The summed E-state index contributed by atoms with van der Waals surface area (Å²) < 4.78 is 45.3. The van der Waals surface area contributed by atoms with E-state index in [0.717, 1.165) is 25.7 Å². The molecule has 4 heterocycles. The molecule has 1 amide bonds. The molecule has 1 unspecified atom stereocenters. The Bertz CT molecular complexity index is 1000. The van der Waals surface area contributed by atoms with Gasteiger partial charge in [-0.05, 0) is 50.7 Å². The van der Waals surface area contributed by atoms with Crippen LogP contribution in [0.15, 0.2) is 12.1 Å². The topological polar surface area (TPSA) is 92.9 Å². The monoisotopic (exact) mass is 468 g/mol. The van der Waals surface area contributed by atoms with Crippen molar-refractivity contribution in [1.82, 2.24) is 24.7 Å². The maximum Gasteiger partial charge on any atom is 0.453 e. The molecule has 2 saturated heterocycles. The number of likely N-dealkylation sites (tertiary alicyclic amines) is 1. The number of carbonyl (C=O) groups excluding carboxylic acids is 2. The molecule has 2 aromatic heterocycles. The summed E-state index contributed by atoms with van der Waals surface area (Å²) in [7, 11) is 0. The number of ether oxygens (including phenoxy) is 1. The van der Waals surface area contributed by atoms with Crippen LogP contribution in [0.25, 0.3) is 5.65 Å². The van der Waals surface area contributed by atoms with Gasteiger partial charge in [0.25, 0.3) is 11.7 Å². The summed E-state index contributed by atoms with van der Waals surface area (Å²) in [6, 6.07) is 3.23. The second-order valence-electron chi connectivity index (χ2n) is 8.50. The number of alkyl halides is 3. The Balaban J connectivity index is 1.31. The number of halogens is 3. The SMILES string of the molecule is CCC1CCCCN1C(=O)COC(=O)C1CCN(c2ccc3nnc(C(F)(F)F)n3n2)CC1. The minimum atomic E-state index is -4.66. The highest BCUT2D eigenvalue weighted by atomic mass is 19.4. The third-order valence-corrected chi connectivity index (χ3v) is 6.41. The van der Waals surface area contributed by atoms with Crippen molar-refractivity contribution in [3.8, 4) is 0 Å². The fourth-order valence-corrected chi connectivity index (χ4v) is 4.56. The molecule has 0 bridgehead atoms. The number of hydrogen-bond donors (Lipinski definition) is 0. The fraction of sp³-hybridized carbons (Fsp3) is 0.667. The van der Waals surface area contributed by atoms with Crippen molar-refractivity contribution in [3.63, 3.8) is 0 Å². The zero-order chi connectivity index (χ0) is 23.6. The van der Waals surface area contributed by atoms with Gasteiger partial charge in [-0.2, -0.15) is 17.7 Å². The van der Waals surface area contributed by atoms with Gasteiger partial charge in [-0.15, -0.1) is 15.3 Å². The lowest BCUT2D eigenvalue weighted by molar-refractivity contribution is -0.157. The van der Waals surface area contributed by atoms with Crippen LogP contribution in [0.1, 0.15) is 51.3 Å². The molecule has 2 aliphatic rings. The number of carbonyl (C=O) groups is 2. The molecule has 33 heavy (non-hydrogen) atoms. The van der Waals surface area contributed by atoms with E-state index in [4.69, 9.17) is 4.74 Å². The van der Waals surface area contributed by atoms with Gasteiger partial charge in [0.15, 0.2) is 12.3 Å². The first-order valence-electron chi connectivity index (χ1n) is 11.3. The number of hydrogen-bond acceptors (Lipinski definition) is 7. The highest BCUT2D eigenvalue weighted by molar-refractivity contribution is 5.81. The normalized spacial score (nSPS) is 20.3. The second kappa shape index (κ2) is 9.52. The van der Waals surface area contributed by atoms with Crippen LogP contribution in [0.4, 0.5) is 19.0 Å². The number of amides is 1. The number of fused-ring (bicyclic) bond motifs is 1. The van der Waals surface area contributed by atoms with Gasteiger partial charge in [-0.1, -0.05) is 6.92 Å². The van der Waals surface area contributed by atoms with Crippen LogP contribution in [0.5, 0.6) is 0 Å². The summed E-state index contributed by atoms with van der Waals surface area (Å²) >= 11 is 0. The zero-order valence-electron chi connectivity index (χ0n) is 18.4. The first-order valence-corrected chi connectivity index (χ1v) is 11.3. The number of piperidine rings is 2. The predicted molar refractivity (Wildman–Crippen MR) is 111 cm³/mol. The summed E-state index contributed by atoms with van der Waals surface area (Å²) in [5.74, 6) is -1.75. The van der Waals surface area contributed by atoms with Crippen LogP contribution in [0, 0.1) is 5.92 Å². The van der Waals surface area contributed by atoms with E-state index in [9.17, 15) is 22.8 Å². The van der Waals surface area contributed by atoms with Crippen molar-refractivity contribution < 1.29 is 27.5 Å². The van der Waals surface area contributed by atoms with E-state index in [1.165, 1.54) is 6.07 Å². The minimum Gasteiger partial charge on any atom is -0.455 e. The number of nitrogens with zero attached hydrogens (tertiary/aromatic N) is 6. The molecule has 2 aromatic rings. The van der Waals surface area contributed by atoms with E-state index in [1.807, 2.05) is 9.80 Å². The van der Waals surface area contributed by atoms with Gasteiger partial charge in [0, 0.05) is 25.7 Å². The van der Waals surface area contributed by atoms with Crippen LogP contribution < -0.4 is 4.90 Å². The van der Waals surface area contributed by atoms with Crippen LogP contribution >= 0.6 is 0 Å². The Morgan fingerprint density at radius 2 is 1.85 bits per heavy atom. The molecular formula is C21H27F3N6O3. The third-order valence-electron chi connectivity index (χ3n) is 6.41. The minimum absolute atomic E-state index is 0.00761. The van der Waals surface area contributed by atoms with Gasteiger partial charge in [0.05, 0.1) is 5.92 Å². The summed E-state index contributed by atoms with van der Waals surface area (Å²) in [4.78, 5) is 28.7. The van der Waals surface area contributed by atoms with Crippen molar-refractivity contribution in [2.45, 2.75) is 57.7 Å². The lowest BCUT2D eigenvalue weighted by Gasteiger charge is -2.35. The molecule has 2 aliphatic heterocycles. The van der Waals surface area contributed by atoms with Crippen molar-refractivity contribution in [2.24, 2.45) is 5.92 Å². The van der Waals surface area contributed by atoms with Gasteiger partial charge in [-0.25, -0.2) is 0 Å². The van der Waals surface area contributed by atoms with E-state index >= 15 is 0 Å².